The summed E-state index contributed by atoms with van der Waals surface area (Å²) < 4.78 is 15.2. The molecule has 0 amide bonds. The first-order valence-corrected chi connectivity index (χ1v) is 4.06. The van der Waals surface area contributed by atoms with E-state index in [9.17, 15) is 0 Å². The fourth-order valence-electron chi connectivity index (χ4n) is 1.04. The van der Waals surface area contributed by atoms with E-state index in [2.05, 4.69) is 0 Å². The van der Waals surface area contributed by atoms with E-state index in [4.69, 9.17) is 14.2 Å². The van der Waals surface area contributed by atoms with E-state index < -0.39 is 6.48 Å². The minimum atomic E-state index is -0.583. The predicted octanol–water partition coefficient (Wildman–Crippen LogP) is 2.00. The molecule has 3 heteroatoms. The largest absolute Gasteiger partial charge is 0.437 e. The molecular weight excluding hydrogens is 168 g/mol. The molecule has 0 saturated carbocycles. The normalized spacial score (nSPS) is 15.4. The van der Waals surface area contributed by atoms with Crippen molar-refractivity contribution >= 4 is 0 Å². The Morgan fingerprint density at radius 3 is 2.46 bits per heavy atom. The Morgan fingerprint density at radius 2 is 1.77 bits per heavy atom. The molecule has 1 aromatic carbocycles. The van der Waals surface area contributed by atoms with Gasteiger partial charge in [0.1, 0.15) is 12.5 Å². The van der Waals surface area contributed by atoms with Gasteiger partial charge in [-0.1, -0.05) is 30.3 Å². The number of rotatable bonds is 3. The Morgan fingerprint density at radius 1 is 1.08 bits per heavy atom. The molecule has 0 bridgehead atoms. The van der Waals surface area contributed by atoms with Crippen LogP contribution >= 0.6 is 0 Å². The average Bonchev–Trinajstić information content (AvgIpc) is 2.69. The lowest BCUT2D eigenvalue weighted by molar-refractivity contribution is -0.225. The van der Waals surface area contributed by atoms with E-state index in [0.717, 1.165) is 5.56 Å². The summed E-state index contributed by atoms with van der Waals surface area (Å²) in [5.74, 6) is 0. The highest BCUT2D eigenvalue weighted by Crippen LogP contribution is 2.09. The van der Waals surface area contributed by atoms with E-state index in [0.29, 0.717) is 6.61 Å². The van der Waals surface area contributed by atoms with Gasteiger partial charge in [-0.2, -0.15) is 0 Å². The molecule has 3 nitrogen and oxygen atoms in total. The summed E-state index contributed by atoms with van der Waals surface area (Å²) in [6.45, 7) is -0.0899. The topological polar surface area (TPSA) is 27.7 Å². The third kappa shape index (κ3) is 2.23. The highest BCUT2D eigenvalue weighted by molar-refractivity contribution is 5.13. The Hall–Kier alpha value is -1.48. The van der Waals surface area contributed by atoms with E-state index in [1.54, 1.807) is 0 Å². The summed E-state index contributed by atoms with van der Waals surface area (Å²) in [6.07, 6.45) is 2.94. The maximum atomic E-state index is 5.28. The molecule has 13 heavy (non-hydrogen) atoms. The van der Waals surface area contributed by atoms with E-state index in [1.165, 1.54) is 12.5 Å². The van der Waals surface area contributed by atoms with Crippen molar-refractivity contribution in [3.63, 3.8) is 0 Å². The predicted molar refractivity (Wildman–Crippen MR) is 46.3 cm³/mol. The van der Waals surface area contributed by atoms with Gasteiger partial charge >= 0.3 is 6.48 Å². The summed E-state index contributed by atoms with van der Waals surface area (Å²) in [5, 5.41) is 0. The third-order valence-corrected chi connectivity index (χ3v) is 1.66. The van der Waals surface area contributed by atoms with Gasteiger partial charge in [0, 0.05) is 0 Å². The van der Waals surface area contributed by atoms with Gasteiger partial charge in [-0.05, 0) is 5.56 Å². The van der Waals surface area contributed by atoms with Crippen molar-refractivity contribution in [3.8, 4) is 0 Å². The maximum absolute atomic E-state index is 5.28. The van der Waals surface area contributed by atoms with Crippen LogP contribution in [-0.4, -0.2) is 6.48 Å². The fourth-order valence-corrected chi connectivity index (χ4v) is 1.04. The highest BCUT2D eigenvalue weighted by Gasteiger charge is 2.11. The van der Waals surface area contributed by atoms with Crippen molar-refractivity contribution in [2.45, 2.75) is 13.1 Å². The minimum absolute atomic E-state index is 0.493. The van der Waals surface area contributed by atoms with E-state index >= 15 is 0 Å². The third-order valence-electron chi connectivity index (χ3n) is 1.66. The molecule has 0 saturated heterocycles. The van der Waals surface area contributed by atoms with Gasteiger partial charge in [-0.15, -0.1) is 0 Å². The van der Waals surface area contributed by atoms with Gasteiger partial charge in [-0.3, -0.25) is 0 Å². The lowest BCUT2D eigenvalue weighted by Gasteiger charge is -2.10. The van der Waals surface area contributed by atoms with Crippen LogP contribution < -0.4 is 0 Å². The lowest BCUT2D eigenvalue weighted by Crippen LogP contribution is -2.12. The van der Waals surface area contributed by atoms with Gasteiger partial charge in [-0.25, -0.2) is 0 Å². The van der Waals surface area contributed by atoms with Crippen LogP contribution in [0.25, 0.3) is 0 Å². The fraction of sp³-hybridized carbons (Fsp3) is 0.200. The summed E-state index contributed by atoms with van der Waals surface area (Å²) >= 11 is 0. The molecule has 1 aliphatic heterocycles. The Balaban J connectivity index is 1.80. The minimum Gasteiger partial charge on any atom is -0.437 e. The Kier molecular flexibility index (Phi) is 2.48. The molecule has 2 rings (SSSR count). The summed E-state index contributed by atoms with van der Waals surface area (Å²) in [6, 6.07) is 9.87. The quantitative estimate of drug-likeness (QED) is 0.708. The zero-order chi connectivity index (χ0) is 8.93. The van der Waals surface area contributed by atoms with Crippen molar-refractivity contribution < 1.29 is 14.2 Å². The lowest BCUT2D eigenvalue weighted by atomic mass is 10.2. The molecule has 68 valence electrons. The molecular formula is C10H10O3. The standard InChI is InChI=1S/C10H10O3/c1-2-4-9(5-3-1)8-13-10-11-6-7-12-10/h1-7,10H,8H2. The van der Waals surface area contributed by atoms with Gasteiger partial charge in [0.2, 0.25) is 0 Å². The summed E-state index contributed by atoms with van der Waals surface area (Å²) in [7, 11) is 0. The van der Waals surface area contributed by atoms with Crippen molar-refractivity contribution in [2.75, 3.05) is 0 Å². The second kappa shape index (κ2) is 3.96. The van der Waals surface area contributed by atoms with Crippen LogP contribution in [-0.2, 0) is 20.8 Å². The van der Waals surface area contributed by atoms with Crippen LogP contribution in [0.15, 0.2) is 42.9 Å². The first-order chi connectivity index (χ1) is 6.45. The Labute approximate surface area is 76.5 Å². The summed E-state index contributed by atoms with van der Waals surface area (Å²) in [4.78, 5) is 0. The van der Waals surface area contributed by atoms with E-state index in [1.807, 2.05) is 30.3 Å². The molecule has 0 unspecified atom stereocenters. The second-order valence-corrected chi connectivity index (χ2v) is 2.63. The van der Waals surface area contributed by atoms with Crippen LogP contribution in [0.5, 0.6) is 0 Å². The van der Waals surface area contributed by atoms with Gasteiger partial charge in [0.25, 0.3) is 0 Å². The van der Waals surface area contributed by atoms with Crippen LogP contribution in [0, 0.1) is 0 Å². The molecule has 1 aliphatic rings. The van der Waals surface area contributed by atoms with Crippen molar-refractivity contribution in [1.82, 2.24) is 0 Å². The number of hydrogen-bond donors (Lipinski definition) is 0. The highest BCUT2D eigenvalue weighted by atomic mass is 16.9. The van der Waals surface area contributed by atoms with Crippen molar-refractivity contribution in [1.29, 1.82) is 0 Å². The molecule has 0 spiro atoms. The Bertz CT molecular complexity index is 273. The molecule has 1 aromatic rings. The van der Waals surface area contributed by atoms with Crippen molar-refractivity contribution in [3.05, 3.63) is 48.4 Å². The molecule has 0 aromatic heterocycles. The zero-order valence-corrected chi connectivity index (χ0v) is 7.05. The first-order valence-electron chi connectivity index (χ1n) is 4.06. The average molecular weight is 178 g/mol. The van der Waals surface area contributed by atoms with Crippen LogP contribution in [0.4, 0.5) is 0 Å². The maximum Gasteiger partial charge on any atom is 0.360 e. The molecule has 0 radical (unpaired) electrons. The molecule has 0 fully saturated rings. The van der Waals surface area contributed by atoms with Crippen LogP contribution in [0.1, 0.15) is 5.56 Å². The molecule has 1 heterocycles. The summed E-state index contributed by atoms with van der Waals surface area (Å²) in [5.41, 5.74) is 1.10. The smallest absolute Gasteiger partial charge is 0.360 e. The van der Waals surface area contributed by atoms with Crippen LogP contribution in [0.2, 0.25) is 0 Å². The van der Waals surface area contributed by atoms with Gasteiger partial charge in [0.05, 0.1) is 6.61 Å². The number of benzene rings is 1. The van der Waals surface area contributed by atoms with Gasteiger partial charge in [0.15, 0.2) is 0 Å². The molecule has 0 N–H and O–H groups in total. The number of hydrogen-bond acceptors (Lipinski definition) is 3. The second-order valence-electron chi connectivity index (χ2n) is 2.63. The van der Waals surface area contributed by atoms with Crippen LogP contribution in [0.3, 0.4) is 0 Å². The first kappa shape index (κ1) is 8.13. The molecule has 0 aliphatic carbocycles. The zero-order valence-electron chi connectivity index (χ0n) is 7.05. The van der Waals surface area contributed by atoms with Gasteiger partial charge < -0.3 is 14.2 Å². The SMILES string of the molecule is C1=COC(OCc2ccccc2)O1. The molecule has 0 atom stereocenters. The number of ether oxygens (including phenoxy) is 3. The monoisotopic (exact) mass is 178 g/mol. The van der Waals surface area contributed by atoms with E-state index in [-0.39, 0.29) is 0 Å². The van der Waals surface area contributed by atoms with Crippen molar-refractivity contribution in [2.24, 2.45) is 0 Å².